The Morgan fingerprint density at radius 1 is 1.29 bits per heavy atom. The average molecular weight is 256 g/mol. The monoisotopic (exact) mass is 255 g/mol. The molecule has 1 aromatic rings. The summed E-state index contributed by atoms with van der Waals surface area (Å²) in [4.78, 5) is 22.2. The van der Waals surface area contributed by atoms with Crippen molar-refractivity contribution < 1.29 is 9.59 Å². The zero-order valence-corrected chi connectivity index (χ0v) is 9.24. The van der Waals surface area contributed by atoms with Gasteiger partial charge in [0.25, 0.3) is 5.91 Å². The Balaban J connectivity index is 2.65. The van der Waals surface area contributed by atoms with Gasteiger partial charge in [0, 0.05) is 5.56 Å². The molecule has 0 saturated heterocycles. The number of carbonyl (C=O) groups is 2. The van der Waals surface area contributed by atoms with Gasteiger partial charge in [-0.15, -0.1) is 0 Å². The number of imide groups is 1. The summed E-state index contributed by atoms with van der Waals surface area (Å²) in [6, 6.07) is 8.61. The number of alkyl halides is 1. The molecule has 0 aliphatic heterocycles. The molecular weight excluding hydrogens is 246 g/mol. The highest BCUT2D eigenvalue weighted by Crippen LogP contribution is 2.00. The second-order valence-electron chi connectivity index (χ2n) is 2.80. The molecular formula is C10H10BrNO2. The summed E-state index contributed by atoms with van der Waals surface area (Å²) >= 11 is 3.08. The van der Waals surface area contributed by atoms with Crippen LogP contribution in [0.3, 0.4) is 0 Å². The Kier molecular flexibility index (Phi) is 3.83. The normalized spacial score (nSPS) is 11.9. The predicted octanol–water partition coefficient (Wildman–Crippen LogP) is 1.73. The molecule has 1 N–H and O–H groups in total. The quantitative estimate of drug-likeness (QED) is 0.819. The Labute approximate surface area is 90.6 Å². The van der Waals surface area contributed by atoms with Crippen molar-refractivity contribution in [3.8, 4) is 0 Å². The highest BCUT2D eigenvalue weighted by Gasteiger charge is 2.13. The number of amides is 2. The van der Waals surface area contributed by atoms with Crippen LogP contribution in [0.5, 0.6) is 0 Å². The van der Waals surface area contributed by atoms with Crippen molar-refractivity contribution in [3.63, 3.8) is 0 Å². The molecule has 1 rings (SSSR count). The van der Waals surface area contributed by atoms with Crippen LogP contribution in [0.25, 0.3) is 0 Å². The lowest BCUT2D eigenvalue weighted by molar-refractivity contribution is -0.119. The summed E-state index contributed by atoms with van der Waals surface area (Å²) in [6.07, 6.45) is 0. The minimum absolute atomic E-state index is 0.334. The van der Waals surface area contributed by atoms with E-state index in [1.807, 2.05) is 6.07 Å². The summed E-state index contributed by atoms with van der Waals surface area (Å²) < 4.78 is 0. The largest absolute Gasteiger partial charge is 0.291 e. The van der Waals surface area contributed by atoms with Gasteiger partial charge in [-0.3, -0.25) is 14.9 Å². The SMILES string of the molecule is C[C@H](Br)C(=O)NC(=O)c1ccccc1. The van der Waals surface area contributed by atoms with Crippen molar-refractivity contribution in [2.45, 2.75) is 11.8 Å². The zero-order chi connectivity index (χ0) is 10.6. The maximum Gasteiger partial charge on any atom is 0.257 e. The van der Waals surface area contributed by atoms with Crippen LogP contribution in [0.2, 0.25) is 0 Å². The van der Waals surface area contributed by atoms with Gasteiger partial charge in [0.05, 0.1) is 4.83 Å². The lowest BCUT2D eigenvalue weighted by Crippen LogP contribution is -2.34. The maximum absolute atomic E-state index is 11.4. The van der Waals surface area contributed by atoms with Crippen molar-refractivity contribution in [2.75, 3.05) is 0 Å². The Morgan fingerprint density at radius 3 is 2.36 bits per heavy atom. The first-order valence-corrected chi connectivity index (χ1v) is 5.07. The molecule has 0 aromatic heterocycles. The molecule has 0 radical (unpaired) electrons. The van der Waals surface area contributed by atoms with E-state index in [1.165, 1.54) is 0 Å². The van der Waals surface area contributed by atoms with Crippen LogP contribution in [0.1, 0.15) is 17.3 Å². The fourth-order valence-corrected chi connectivity index (χ4v) is 0.987. The standard InChI is InChI=1S/C10H10BrNO2/c1-7(11)9(13)12-10(14)8-5-3-2-4-6-8/h2-7H,1H3,(H,12,13,14)/t7-/m0/s1. The van der Waals surface area contributed by atoms with E-state index in [2.05, 4.69) is 21.2 Å². The molecule has 74 valence electrons. The summed E-state index contributed by atoms with van der Waals surface area (Å²) in [6.45, 7) is 1.66. The van der Waals surface area contributed by atoms with Gasteiger partial charge in [-0.05, 0) is 19.1 Å². The molecule has 0 bridgehead atoms. The van der Waals surface area contributed by atoms with Gasteiger partial charge in [0.15, 0.2) is 0 Å². The molecule has 0 saturated carbocycles. The van der Waals surface area contributed by atoms with E-state index in [4.69, 9.17) is 0 Å². The third-order valence-electron chi connectivity index (χ3n) is 1.63. The first kappa shape index (κ1) is 10.9. The van der Waals surface area contributed by atoms with Crippen molar-refractivity contribution in [3.05, 3.63) is 35.9 Å². The van der Waals surface area contributed by atoms with Gasteiger partial charge in [-0.1, -0.05) is 34.1 Å². The van der Waals surface area contributed by atoms with E-state index in [0.717, 1.165) is 0 Å². The highest BCUT2D eigenvalue weighted by molar-refractivity contribution is 9.10. The van der Waals surface area contributed by atoms with E-state index in [-0.39, 0.29) is 16.6 Å². The maximum atomic E-state index is 11.4. The lowest BCUT2D eigenvalue weighted by Gasteiger charge is -2.04. The Morgan fingerprint density at radius 2 is 1.86 bits per heavy atom. The summed E-state index contributed by atoms with van der Waals surface area (Å²) in [5, 5.41) is 2.27. The van der Waals surface area contributed by atoms with Crippen LogP contribution in [0.15, 0.2) is 30.3 Å². The second kappa shape index (κ2) is 4.91. The van der Waals surface area contributed by atoms with Gasteiger partial charge >= 0.3 is 0 Å². The van der Waals surface area contributed by atoms with E-state index in [9.17, 15) is 9.59 Å². The van der Waals surface area contributed by atoms with Crippen LogP contribution in [0, 0.1) is 0 Å². The molecule has 0 aliphatic rings. The summed E-state index contributed by atoms with van der Waals surface area (Å²) in [7, 11) is 0. The number of halogens is 1. The number of carbonyl (C=O) groups excluding carboxylic acids is 2. The lowest BCUT2D eigenvalue weighted by atomic mass is 10.2. The molecule has 2 amide bonds. The van der Waals surface area contributed by atoms with Crippen LogP contribution in [-0.2, 0) is 4.79 Å². The Hall–Kier alpha value is -1.16. The molecule has 3 nitrogen and oxygen atoms in total. The smallest absolute Gasteiger partial charge is 0.257 e. The topological polar surface area (TPSA) is 46.2 Å². The highest BCUT2D eigenvalue weighted by atomic mass is 79.9. The van der Waals surface area contributed by atoms with Crippen molar-refractivity contribution in [1.82, 2.24) is 5.32 Å². The van der Waals surface area contributed by atoms with E-state index in [1.54, 1.807) is 31.2 Å². The molecule has 1 aromatic carbocycles. The second-order valence-corrected chi connectivity index (χ2v) is 4.17. The zero-order valence-electron chi connectivity index (χ0n) is 7.66. The van der Waals surface area contributed by atoms with Crippen LogP contribution >= 0.6 is 15.9 Å². The van der Waals surface area contributed by atoms with Gasteiger partial charge in [-0.2, -0.15) is 0 Å². The van der Waals surface area contributed by atoms with Crippen molar-refractivity contribution >= 4 is 27.7 Å². The average Bonchev–Trinajstić information content (AvgIpc) is 2.19. The molecule has 0 spiro atoms. The minimum atomic E-state index is -0.373. The fourth-order valence-electron chi connectivity index (χ4n) is 0.873. The van der Waals surface area contributed by atoms with Crippen LogP contribution < -0.4 is 5.32 Å². The number of hydrogen-bond donors (Lipinski definition) is 1. The molecule has 14 heavy (non-hydrogen) atoms. The summed E-state index contributed by atoms with van der Waals surface area (Å²) in [5.41, 5.74) is 0.481. The van der Waals surface area contributed by atoms with E-state index in [0.29, 0.717) is 5.56 Å². The number of benzene rings is 1. The molecule has 1 atom stereocenters. The third kappa shape index (κ3) is 2.96. The van der Waals surface area contributed by atoms with Crippen LogP contribution in [-0.4, -0.2) is 16.6 Å². The number of hydrogen-bond acceptors (Lipinski definition) is 2. The number of rotatable bonds is 2. The van der Waals surface area contributed by atoms with Gasteiger partial charge in [0.1, 0.15) is 0 Å². The van der Waals surface area contributed by atoms with E-state index >= 15 is 0 Å². The van der Waals surface area contributed by atoms with Crippen LogP contribution in [0.4, 0.5) is 0 Å². The Bertz CT molecular complexity index is 335. The minimum Gasteiger partial charge on any atom is -0.291 e. The number of nitrogens with one attached hydrogen (secondary N) is 1. The molecule has 0 unspecified atom stereocenters. The third-order valence-corrected chi connectivity index (χ3v) is 2.05. The first-order valence-electron chi connectivity index (χ1n) is 4.15. The first-order chi connectivity index (χ1) is 6.61. The molecule has 0 fully saturated rings. The van der Waals surface area contributed by atoms with Gasteiger partial charge < -0.3 is 0 Å². The summed E-state index contributed by atoms with van der Waals surface area (Å²) in [5.74, 6) is -0.708. The molecule has 0 heterocycles. The van der Waals surface area contributed by atoms with Crippen molar-refractivity contribution in [1.29, 1.82) is 0 Å². The van der Waals surface area contributed by atoms with E-state index < -0.39 is 0 Å². The van der Waals surface area contributed by atoms with Gasteiger partial charge in [-0.25, -0.2) is 0 Å². The predicted molar refractivity (Wildman–Crippen MR) is 57.3 cm³/mol. The molecule has 4 heteroatoms. The molecule has 0 aliphatic carbocycles. The van der Waals surface area contributed by atoms with Gasteiger partial charge in [0.2, 0.25) is 5.91 Å². The van der Waals surface area contributed by atoms with Crippen molar-refractivity contribution in [2.24, 2.45) is 0 Å². The fraction of sp³-hybridized carbons (Fsp3) is 0.200.